The molecule has 114 valence electrons. The Bertz CT molecular complexity index is 563. The molecule has 0 aliphatic carbocycles. The van der Waals surface area contributed by atoms with E-state index in [2.05, 4.69) is 72.7 Å². The molecule has 0 radical (unpaired) electrons. The summed E-state index contributed by atoms with van der Waals surface area (Å²) in [6.45, 7) is 9.33. The average Bonchev–Trinajstić information content (AvgIpc) is 2.84. The number of hydrogen-bond donors (Lipinski definition) is 1. The Hall–Kier alpha value is -1.39. The second-order valence-electron chi connectivity index (χ2n) is 5.87. The third-order valence-corrected chi connectivity index (χ3v) is 4.16. The van der Waals surface area contributed by atoms with Gasteiger partial charge in [-0.3, -0.25) is 0 Å². The minimum atomic E-state index is 0.674. The van der Waals surface area contributed by atoms with Crippen LogP contribution in [0, 0.1) is 12.8 Å². The topological polar surface area (TPSA) is 28.2 Å². The summed E-state index contributed by atoms with van der Waals surface area (Å²) < 4.78 is 0. The summed E-state index contributed by atoms with van der Waals surface area (Å²) in [7, 11) is 2.13. The summed E-state index contributed by atoms with van der Waals surface area (Å²) in [6, 6.07) is 8.60. The Balaban J connectivity index is 2.04. The zero-order valence-corrected chi connectivity index (χ0v) is 14.2. The lowest BCUT2D eigenvalue weighted by Gasteiger charge is -2.22. The van der Waals surface area contributed by atoms with Crippen molar-refractivity contribution in [1.29, 1.82) is 0 Å². The van der Waals surface area contributed by atoms with Gasteiger partial charge in [0.25, 0.3) is 0 Å². The monoisotopic (exact) mass is 303 g/mol. The zero-order chi connectivity index (χ0) is 15.2. The highest BCUT2D eigenvalue weighted by molar-refractivity contribution is 7.09. The summed E-state index contributed by atoms with van der Waals surface area (Å²) in [5.41, 5.74) is 3.76. The number of para-hydroxylation sites is 1. The van der Waals surface area contributed by atoms with E-state index in [4.69, 9.17) is 0 Å². The largest absolute Gasteiger partial charge is 0.368 e. The van der Waals surface area contributed by atoms with Gasteiger partial charge in [0, 0.05) is 24.7 Å². The first kappa shape index (κ1) is 16.0. The maximum absolute atomic E-state index is 4.55. The SMILES string of the molecule is Cc1nc(CN(C)c2ccccc2CNCC(C)C)cs1. The molecule has 0 aliphatic heterocycles. The number of rotatable bonds is 7. The smallest absolute Gasteiger partial charge is 0.0898 e. The highest BCUT2D eigenvalue weighted by Crippen LogP contribution is 2.21. The van der Waals surface area contributed by atoms with E-state index in [1.54, 1.807) is 11.3 Å². The molecule has 1 heterocycles. The molecular formula is C17H25N3S. The summed E-state index contributed by atoms with van der Waals surface area (Å²) >= 11 is 1.71. The van der Waals surface area contributed by atoms with Crippen molar-refractivity contribution >= 4 is 17.0 Å². The van der Waals surface area contributed by atoms with E-state index in [9.17, 15) is 0 Å². The van der Waals surface area contributed by atoms with Crippen LogP contribution in [0.4, 0.5) is 5.69 Å². The van der Waals surface area contributed by atoms with Gasteiger partial charge in [-0.05, 0) is 31.0 Å². The van der Waals surface area contributed by atoms with Gasteiger partial charge >= 0.3 is 0 Å². The van der Waals surface area contributed by atoms with Gasteiger partial charge in [0.05, 0.1) is 17.2 Å². The van der Waals surface area contributed by atoms with Gasteiger partial charge < -0.3 is 10.2 Å². The number of aromatic nitrogens is 1. The molecule has 0 amide bonds. The number of hydrogen-bond acceptors (Lipinski definition) is 4. The molecule has 1 aromatic heterocycles. The molecule has 0 spiro atoms. The number of thiazole rings is 1. The predicted molar refractivity (Wildman–Crippen MR) is 91.9 cm³/mol. The van der Waals surface area contributed by atoms with Crippen LogP contribution in [0.2, 0.25) is 0 Å². The van der Waals surface area contributed by atoms with Crippen LogP contribution in [-0.4, -0.2) is 18.6 Å². The van der Waals surface area contributed by atoms with Crippen LogP contribution in [0.15, 0.2) is 29.6 Å². The Morgan fingerprint density at radius 1 is 1.29 bits per heavy atom. The third-order valence-electron chi connectivity index (χ3n) is 3.34. The van der Waals surface area contributed by atoms with E-state index in [1.165, 1.54) is 11.3 Å². The van der Waals surface area contributed by atoms with E-state index >= 15 is 0 Å². The van der Waals surface area contributed by atoms with Crippen LogP contribution in [0.5, 0.6) is 0 Å². The summed E-state index contributed by atoms with van der Waals surface area (Å²) in [4.78, 5) is 6.83. The molecule has 21 heavy (non-hydrogen) atoms. The van der Waals surface area contributed by atoms with Gasteiger partial charge in [0.1, 0.15) is 0 Å². The van der Waals surface area contributed by atoms with Gasteiger partial charge in [0.2, 0.25) is 0 Å². The molecule has 0 atom stereocenters. The molecule has 0 unspecified atom stereocenters. The molecule has 1 aromatic carbocycles. The predicted octanol–water partition coefficient (Wildman–Crippen LogP) is 3.83. The van der Waals surface area contributed by atoms with Crippen molar-refractivity contribution in [2.75, 3.05) is 18.5 Å². The Kier molecular flexibility index (Phi) is 5.76. The maximum atomic E-state index is 4.55. The fraction of sp³-hybridized carbons (Fsp3) is 0.471. The van der Waals surface area contributed by atoms with Crippen LogP contribution in [0.1, 0.15) is 30.1 Å². The molecule has 2 aromatic rings. The zero-order valence-electron chi connectivity index (χ0n) is 13.4. The van der Waals surface area contributed by atoms with Crippen molar-refractivity contribution in [3.63, 3.8) is 0 Å². The van der Waals surface area contributed by atoms with Crippen LogP contribution < -0.4 is 10.2 Å². The number of aryl methyl sites for hydroxylation is 1. The lowest BCUT2D eigenvalue weighted by atomic mass is 10.1. The van der Waals surface area contributed by atoms with Crippen molar-refractivity contribution < 1.29 is 0 Å². The van der Waals surface area contributed by atoms with E-state index in [0.717, 1.165) is 30.3 Å². The van der Waals surface area contributed by atoms with E-state index < -0.39 is 0 Å². The number of benzene rings is 1. The van der Waals surface area contributed by atoms with Crippen LogP contribution in [0.3, 0.4) is 0 Å². The maximum Gasteiger partial charge on any atom is 0.0898 e. The fourth-order valence-electron chi connectivity index (χ4n) is 2.34. The van der Waals surface area contributed by atoms with Gasteiger partial charge in [-0.1, -0.05) is 32.0 Å². The summed E-state index contributed by atoms with van der Waals surface area (Å²) in [5, 5.41) is 6.80. The quantitative estimate of drug-likeness (QED) is 0.842. The van der Waals surface area contributed by atoms with Crippen molar-refractivity contribution in [1.82, 2.24) is 10.3 Å². The minimum absolute atomic E-state index is 0.674. The van der Waals surface area contributed by atoms with Crippen molar-refractivity contribution in [2.45, 2.75) is 33.9 Å². The van der Waals surface area contributed by atoms with Crippen LogP contribution >= 0.6 is 11.3 Å². The van der Waals surface area contributed by atoms with Crippen molar-refractivity contribution in [2.24, 2.45) is 5.92 Å². The van der Waals surface area contributed by atoms with Crippen LogP contribution in [-0.2, 0) is 13.1 Å². The standard InChI is InChI=1S/C17H25N3S/c1-13(2)9-18-10-15-7-5-6-8-17(15)20(4)11-16-12-21-14(3)19-16/h5-8,12-13,18H,9-11H2,1-4H3. The highest BCUT2D eigenvalue weighted by Gasteiger charge is 2.09. The Morgan fingerprint density at radius 3 is 2.71 bits per heavy atom. The minimum Gasteiger partial charge on any atom is -0.368 e. The first-order valence-corrected chi connectivity index (χ1v) is 8.35. The number of nitrogens with one attached hydrogen (secondary N) is 1. The first-order valence-electron chi connectivity index (χ1n) is 7.47. The molecule has 2 rings (SSSR count). The average molecular weight is 303 g/mol. The van der Waals surface area contributed by atoms with Crippen molar-refractivity contribution in [3.8, 4) is 0 Å². The lowest BCUT2D eigenvalue weighted by molar-refractivity contribution is 0.552. The molecule has 3 nitrogen and oxygen atoms in total. The first-order chi connectivity index (χ1) is 10.1. The molecule has 4 heteroatoms. The summed E-state index contributed by atoms with van der Waals surface area (Å²) in [5.74, 6) is 0.674. The normalized spacial score (nSPS) is 11.1. The van der Waals surface area contributed by atoms with E-state index in [0.29, 0.717) is 5.92 Å². The van der Waals surface area contributed by atoms with E-state index in [-0.39, 0.29) is 0 Å². The van der Waals surface area contributed by atoms with Gasteiger partial charge in [-0.15, -0.1) is 11.3 Å². The van der Waals surface area contributed by atoms with Crippen molar-refractivity contribution in [3.05, 3.63) is 45.9 Å². The summed E-state index contributed by atoms with van der Waals surface area (Å²) in [6.07, 6.45) is 0. The second kappa shape index (κ2) is 7.57. The molecule has 0 bridgehead atoms. The van der Waals surface area contributed by atoms with E-state index in [1.807, 2.05) is 0 Å². The van der Waals surface area contributed by atoms with Gasteiger partial charge in [0.15, 0.2) is 0 Å². The Labute approximate surface area is 132 Å². The molecule has 0 fully saturated rings. The van der Waals surface area contributed by atoms with Gasteiger partial charge in [-0.25, -0.2) is 4.98 Å². The van der Waals surface area contributed by atoms with Gasteiger partial charge in [-0.2, -0.15) is 0 Å². The molecule has 0 saturated heterocycles. The highest BCUT2D eigenvalue weighted by atomic mass is 32.1. The molecule has 0 aliphatic rings. The number of nitrogens with zero attached hydrogens (tertiary/aromatic N) is 2. The third kappa shape index (κ3) is 4.83. The van der Waals surface area contributed by atoms with Crippen LogP contribution in [0.25, 0.3) is 0 Å². The number of anilines is 1. The Morgan fingerprint density at radius 2 is 2.05 bits per heavy atom. The molecule has 0 saturated carbocycles. The molecular weight excluding hydrogens is 278 g/mol. The second-order valence-corrected chi connectivity index (χ2v) is 6.93. The fourth-order valence-corrected chi connectivity index (χ4v) is 2.94. The molecule has 1 N–H and O–H groups in total. The lowest BCUT2D eigenvalue weighted by Crippen LogP contribution is -2.23.